The summed E-state index contributed by atoms with van der Waals surface area (Å²) in [4.78, 5) is 18.6. The molecular weight excluding hydrogens is 344 g/mol. The summed E-state index contributed by atoms with van der Waals surface area (Å²) in [6.45, 7) is 3.48. The van der Waals surface area contributed by atoms with E-state index in [1.807, 2.05) is 24.4 Å². The van der Waals surface area contributed by atoms with E-state index < -0.39 is 6.10 Å². The lowest BCUT2D eigenvalue weighted by atomic mass is 9.75. The van der Waals surface area contributed by atoms with E-state index in [0.29, 0.717) is 25.5 Å². The smallest absolute Gasteiger partial charge is 0.255 e. The van der Waals surface area contributed by atoms with Crippen LogP contribution in [-0.2, 0) is 14.9 Å². The molecule has 1 aromatic carbocycles. The summed E-state index contributed by atoms with van der Waals surface area (Å²) in [7, 11) is 1.63. The molecule has 0 aliphatic carbocycles. The van der Waals surface area contributed by atoms with Crippen LogP contribution in [0.2, 0.25) is 0 Å². The van der Waals surface area contributed by atoms with Gasteiger partial charge in [0.15, 0.2) is 0 Å². The maximum absolute atomic E-state index is 12.6. The molecule has 1 aromatic heterocycles. The summed E-state index contributed by atoms with van der Waals surface area (Å²) in [5, 5.41) is 9.85. The highest BCUT2D eigenvalue weighted by Crippen LogP contribution is 2.48. The first-order chi connectivity index (χ1) is 13.0. The number of rotatable bonds is 3. The average Bonchev–Trinajstić information content (AvgIpc) is 3.01. The molecule has 2 aliphatic rings. The second kappa shape index (κ2) is 6.94. The number of aliphatic hydroxyl groups excluding tert-OH is 1. The molecule has 6 heteroatoms. The number of aromatic nitrogens is 1. The van der Waals surface area contributed by atoms with Gasteiger partial charge >= 0.3 is 0 Å². The first-order valence-corrected chi connectivity index (χ1v) is 9.25. The Kier molecular flexibility index (Phi) is 4.61. The highest BCUT2D eigenvalue weighted by atomic mass is 16.5. The summed E-state index contributed by atoms with van der Waals surface area (Å²) in [5.41, 5.74) is 3.93. The van der Waals surface area contributed by atoms with Crippen LogP contribution in [0.25, 0.3) is 11.1 Å². The zero-order valence-corrected chi connectivity index (χ0v) is 15.6. The SMILES string of the molecule is COc1cncc(-c2ccc3c(c2)C2(CCOCC2)CN3C(=O)[C@@H](C)O)c1. The molecule has 0 bridgehead atoms. The number of hydrogen-bond acceptors (Lipinski definition) is 5. The third kappa shape index (κ3) is 3.09. The van der Waals surface area contributed by atoms with Crippen LogP contribution in [0.3, 0.4) is 0 Å². The van der Waals surface area contributed by atoms with Crippen LogP contribution < -0.4 is 9.64 Å². The molecule has 2 aromatic rings. The monoisotopic (exact) mass is 368 g/mol. The van der Waals surface area contributed by atoms with Crippen LogP contribution >= 0.6 is 0 Å². The van der Waals surface area contributed by atoms with Gasteiger partial charge < -0.3 is 19.5 Å². The molecule has 0 saturated carbocycles. The predicted octanol–water partition coefficient (Wildman–Crippen LogP) is 2.53. The zero-order chi connectivity index (χ0) is 19.0. The summed E-state index contributed by atoms with van der Waals surface area (Å²) < 4.78 is 10.9. The molecule has 1 spiro atoms. The van der Waals surface area contributed by atoms with Crippen molar-refractivity contribution >= 4 is 11.6 Å². The minimum Gasteiger partial charge on any atom is -0.495 e. The topological polar surface area (TPSA) is 71.9 Å². The maximum atomic E-state index is 12.6. The number of aliphatic hydroxyl groups is 1. The van der Waals surface area contributed by atoms with Gasteiger partial charge in [-0.3, -0.25) is 9.78 Å². The fourth-order valence-corrected chi connectivity index (χ4v) is 4.15. The number of fused-ring (bicyclic) bond motifs is 2. The van der Waals surface area contributed by atoms with Crippen molar-refractivity contribution in [2.75, 3.05) is 31.8 Å². The molecule has 4 rings (SSSR count). The van der Waals surface area contributed by atoms with E-state index in [2.05, 4.69) is 11.1 Å². The van der Waals surface area contributed by atoms with Crippen LogP contribution in [0.5, 0.6) is 5.75 Å². The van der Waals surface area contributed by atoms with Gasteiger partial charge in [0, 0.05) is 42.6 Å². The molecule has 1 fully saturated rings. The summed E-state index contributed by atoms with van der Waals surface area (Å²) in [5.74, 6) is 0.454. The highest BCUT2D eigenvalue weighted by molar-refractivity contribution is 5.99. The Morgan fingerprint density at radius 3 is 2.74 bits per heavy atom. The van der Waals surface area contributed by atoms with Crippen molar-refractivity contribution in [1.82, 2.24) is 4.98 Å². The van der Waals surface area contributed by atoms with Crippen LogP contribution in [-0.4, -0.2) is 49.0 Å². The molecule has 1 N–H and O–H groups in total. The normalized spacial score (nSPS) is 19.0. The van der Waals surface area contributed by atoms with Gasteiger partial charge in [-0.1, -0.05) is 6.07 Å². The van der Waals surface area contributed by atoms with Crippen molar-refractivity contribution in [3.63, 3.8) is 0 Å². The predicted molar refractivity (Wildman–Crippen MR) is 102 cm³/mol. The lowest BCUT2D eigenvalue weighted by Gasteiger charge is -2.34. The molecule has 3 heterocycles. The van der Waals surface area contributed by atoms with Crippen molar-refractivity contribution in [3.05, 3.63) is 42.2 Å². The van der Waals surface area contributed by atoms with Crippen LogP contribution in [0.1, 0.15) is 25.3 Å². The molecule has 1 saturated heterocycles. The first-order valence-electron chi connectivity index (χ1n) is 9.25. The molecule has 142 valence electrons. The molecule has 0 unspecified atom stereocenters. The number of carbonyl (C=O) groups excluding carboxylic acids is 1. The Bertz CT molecular complexity index is 859. The van der Waals surface area contributed by atoms with Crippen molar-refractivity contribution in [3.8, 4) is 16.9 Å². The quantitative estimate of drug-likeness (QED) is 0.901. The largest absolute Gasteiger partial charge is 0.495 e. The second-order valence-corrected chi connectivity index (χ2v) is 7.34. The number of hydrogen-bond donors (Lipinski definition) is 1. The van der Waals surface area contributed by atoms with Crippen molar-refractivity contribution in [2.45, 2.75) is 31.3 Å². The molecule has 2 aliphatic heterocycles. The van der Waals surface area contributed by atoms with Gasteiger partial charge in [0.05, 0.1) is 13.3 Å². The fourth-order valence-electron chi connectivity index (χ4n) is 4.15. The Hall–Kier alpha value is -2.44. The Morgan fingerprint density at radius 2 is 2.04 bits per heavy atom. The second-order valence-electron chi connectivity index (χ2n) is 7.34. The summed E-state index contributed by atoms with van der Waals surface area (Å²) in [6.07, 6.45) is 4.21. The third-order valence-corrected chi connectivity index (χ3v) is 5.67. The van der Waals surface area contributed by atoms with Crippen LogP contribution in [0.4, 0.5) is 5.69 Å². The maximum Gasteiger partial charge on any atom is 0.255 e. The lowest BCUT2D eigenvalue weighted by Crippen LogP contribution is -2.43. The molecule has 27 heavy (non-hydrogen) atoms. The highest BCUT2D eigenvalue weighted by Gasteiger charge is 2.46. The average molecular weight is 368 g/mol. The Balaban J connectivity index is 1.80. The van der Waals surface area contributed by atoms with Gasteiger partial charge in [-0.25, -0.2) is 0 Å². The number of pyridine rings is 1. The van der Waals surface area contributed by atoms with Crippen molar-refractivity contribution < 1.29 is 19.4 Å². The number of amides is 1. The number of anilines is 1. The van der Waals surface area contributed by atoms with Gasteiger partial charge in [-0.2, -0.15) is 0 Å². The molecular formula is C21H24N2O4. The van der Waals surface area contributed by atoms with Crippen LogP contribution in [0.15, 0.2) is 36.7 Å². The molecule has 1 atom stereocenters. The fraction of sp³-hybridized carbons (Fsp3) is 0.429. The van der Waals surface area contributed by atoms with Crippen LogP contribution in [0, 0.1) is 0 Å². The number of ether oxygens (including phenoxy) is 2. The number of benzene rings is 1. The van der Waals surface area contributed by atoms with Crippen molar-refractivity contribution in [2.24, 2.45) is 0 Å². The van der Waals surface area contributed by atoms with Gasteiger partial charge in [0.25, 0.3) is 5.91 Å². The molecule has 1 amide bonds. The van der Waals surface area contributed by atoms with Crippen molar-refractivity contribution in [1.29, 1.82) is 0 Å². The minimum absolute atomic E-state index is 0.125. The van der Waals surface area contributed by atoms with Gasteiger partial charge in [-0.05, 0) is 49.1 Å². The Morgan fingerprint density at radius 1 is 1.26 bits per heavy atom. The Labute approximate surface area is 158 Å². The van der Waals surface area contributed by atoms with Gasteiger partial charge in [0.1, 0.15) is 11.9 Å². The first kappa shape index (κ1) is 17.9. The standard InChI is InChI=1S/C21H24N2O4/c1-14(24)20(25)23-13-21(5-7-27-8-6-21)18-10-15(3-4-19(18)23)16-9-17(26-2)12-22-11-16/h3-4,9-12,14,24H,5-8,13H2,1-2H3/t14-/m1/s1. The summed E-state index contributed by atoms with van der Waals surface area (Å²) >= 11 is 0. The van der Waals surface area contributed by atoms with Gasteiger partial charge in [0.2, 0.25) is 0 Å². The van der Waals surface area contributed by atoms with E-state index in [1.54, 1.807) is 18.2 Å². The molecule has 0 radical (unpaired) electrons. The molecule has 6 nitrogen and oxygen atoms in total. The zero-order valence-electron chi connectivity index (χ0n) is 15.6. The van der Waals surface area contributed by atoms with E-state index in [1.165, 1.54) is 6.92 Å². The summed E-state index contributed by atoms with van der Waals surface area (Å²) in [6, 6.07) is 8.09. The number of carbonyl (C=O) groups is 1. The minimum atomic E-state index is -1.02. The van der Waals surface area contributed by atoms with Gasteiger partial charge in [-0.15, -0.1) is 0 Å². The number of methoxy groups -OCH3 is 1. The lowest BCUT2D eigenvalue weighted by molar-refractivity contribution is -0.125. The van der Waals surface area contributed by atoms with E-state index in [-0.39, 0.29) is 11.3 Å². The van der Waals surface area contributed by atoms with E-state index in [4.69, 9.17) is 9.47 Å². The van der Waals surface area contributed by atoms with E-state index >= 15 is 0 Å². The van der Waals surface area contributed by atoms with E-state index in [0.717, 1.165) is 35.2 Å². The number of nitrogens with zero attached hydrogens (tertiary/aromatic N) is 2. The third-order valence-electron chi connectivity index (χ3n) is 5.67. The van der Waals surface area contributed by atoms with E-state index in [9.17, 15) is 9.90 Å².